The van der Waals surface area contributed by atoms with Crippen molar-refractivity contribution in [2.45, 2.75) is 30.4 Å². The molecule has 3 nitrogen and oxygen atoms in total. The van der Waals surface area contributed by atoms with Crippen LogP contribution >= 0.6 is 11.8 Å². The lowest BCUT2D eigenvalue weighted by atomic mass is 10.1. The first-order valence-corrected chi connectivity index (χ1v) is 6.29. The molecule has 0 aromatic heterocycles. The third-order valence-electron chi connectivity index (χ3n) is 2.65. The zero-order valence-electron chi connectivity index (χ0n) is 10.1. The molecular weight excluding hydrogens is 260 g/mol. The molecule has 6 heteroatoms. The summed E-state index contributed by atoms with van der Waals surface area (Å²) in [5.74, 6) is -2.76. The summed E-state index contributed by atoms with van der Waals surface area (Å²) in [5.41, 5.74) is 5.74. The summed E-state index contributed by atoms with van der Waals surface area (Å²) in [5, 5.41) is 8.84. The Bertz CT molecular complexity index is 452. The largest absolute Gasteiger partial charge is 0.480 e. The van der Waals surface area contributed by atoms with Crippen molar-refractivity contribution in [1.82, 2.24) is 0 Å². The van der Waals surface area contributed by atoms with Gasteiger partial charge in [0.1, 0.15) is 6.04 Å². The zero-order chi connectivity index (χ0) is 13.9. The van der Waals surface area contributed by atoms with Crippen LogP contribution in [0.5, 0.6) is 0 Å². The molecule has 0 spiro atoms. The van der Waals surface area contributed by atoms with E-state index in [2.05, 4.69) is 0 Å². The van der Waals surface area contributed by atoms with E-state index in [0.29, 0.717) is 0 Å². The van der Waals surface area contributed by atoms with E-state index in [1.807, 2.05) is 0 Å². The Morgan fingerprint density at radius 2 is 2.11 bits per heavy atom. The van der Waals surface area contributed by atoms with Crippen LogP contribution in [0.25, 0.3) is 0 Å². The van der Waals surface area contributed by atoms with Crippen LogP contribution in [0.2, 0.25) is 0 Å². The minimum atomic E-state index is -1.12. The van der Waals surface area contributed by atoms with Gasteiger partial charge < -0.3 is 10.8 Å². The molecule has 0 saturated heterocycles. The van der Waals surface area contributed by atoms with E-state index in [-0.39, 0.29) is 11.3 Å². The molecule has 1 aromatic rings. The molecule has 0 amide bonds. The molecular formula is C12H15F2NO2S. The Morgan fingerprint density at radius 1 is 1.50 bits per heavy atom. The van der Waals surface area contributed by atoms with Gasteiger partial charge in [-0.2, -0.15) is 0 Å². The van der Waals surface area contributed by atoms with Crippen LogP contribution in [-0.4, -0.2) is 21.9 Å². The predicted molar refractivity (Wildman–Crippen MR) is 67.3 cm³/mol. The Balaban J connectivity index is 2.76. The molecule has 0 aliphatic carbocycles. The van der Waals surface area contributed by atoms with Crippen molar-refractivity contribution in [2.24, 2.45) is 5.73 Å². The number of nitrogens with two attached hydrogens (primary N) is 1. The maximum Gasteiger partial charge on any atom is 0.321 e. The maximum absolute atomic E-state index is 13.4. The highest BCUT2D eigenvalue weighted by atomic mass is 32.2. The molecule has 0 heterocycles. The van der Waals surface area contributed by atoms with Gasteiger partial charge in [-0.3, -0.25) is 4.79 Å². The second-order valence-electron chi connectivity index (χ2n) is 4.42. The number of halogens is 2. The number of hydrogen-bond donors (Lipinski definition) is 2. The molecule has 0 aliphatic rings. The summed E-state index contributed by atoms with van der Waals surface area (Å²) in [6.45, 7) is 3.32. The standard InChI is InChI=1S/C12H15F2NO2S/c1-12(2,10(15)11(16)17)18-6-7-4-3-5-8(13)9(7)14/h3-5,10H,6,15H2,1-2H3,(H,16,17)/t10-/m1/s1. The quantitative estimate of drug-likeness (QED) is 0.866. The van der Waals surface area contributed by atoms with Crippen molar-refractivity contribution in [3.05, 3.63) is 35.4 Å². The highest BCUT2D eigenvalue weighted by Gasteiger charge is 2.32. The third kappa shape index (κ3) is 3.43. The highest BCUT2D eigenvalue weighted by Crippen LogP contribution is 2.31. The number of carboxylic acids is 1. The SMILES string of the molecule is CC(C)(SCc1cccc(F)c1F)[C@H](N)C(=O)O. The molecule has 3 N–H and O–H groups in total. The van der Waals surface area contributed by atoms with Gasteiger partial charge in [-0.05, 0) is 19.9 Å². The van der Waals surface area contributed by atoms with Gasteiger partial charge in [0.15, 0.2) is 11.6 Å². The summed E-state index contributed by atoms with van der Waals surface area (Å²) in [4.78, 5) is 10.8. The number of benzene rings is 1. The van der Waals surface area contributed by atoms with E-state index in [4.69, 9.17) is 10.8 Å². The van der Waals surface area contributed by atoms with E-state index in [0.717, 1.165) is 6.07 Å². The van der Waals surface area contributed by atoms with Gasteiger partial charge in [0, 0.05) is 16.1 Å². The first kappa shape index (κ1) is 14.9. The van der Waals surface area contributed by atoms with E-state index < -0.39 is 28.4 Å². The summed E-state index contributed by atoms with van der Waals surface area (Å²) in [6, 6.07) is 2.85. The van der Waals surface area contributed by atoms with E-state index in [1.165, 1.54) is 23.9 Å². The third-order valence-corrected chi connectivity index (χ3v) is 4.10. The van der Waals surface area contributed by atoms with Crippen molar-refractivity contribution < 1.29 is 18.7 Å². The Kier molecular flexibility index (Phi) is 4.70. The normalized spacial score (nSPS) is 13.4. The van der Waals surface area contributed by atoms with Crippen LogP contribution in [0.4, 0.5) is 8.78 Å². The monoisotopic (exact) mass is 275 g/mol. The molecule has 0 radical (unpaired) electrons. The molecule has 0 unspecified atom stereocenters. The Morgan fingerprint density at radius 3 is 2.67 bits per heavy atom. The summed E-state index contributed by atoms with van der Waals surface area (Å²) >= 11 is 1.18. The molecule has 18 heavy (non-hydrogen) atoms. The fraction of sp³-hybridized carbons (Fsp3) is 0.417. The van der Waals surface area contributed by atoms with Crippen LogP contribution in [0.3, 0.4) is 0 Å². The van der Waals surface area contributed by atoms with E-state index in [9.17, 15) is 13.6 Å². The van der Waals surface area contributed by atoms with Crippen molar-refractivity contribution >= 4 is 17.7 Å². The second kappa shape index (κ2) is 5.67. The maximum atomic E-state index is 13.4. The second-order valence-corrected chi connectivity index (χ2v) is 6.05. The zero-order valence-corrected chi connectivity index (χ0v) is 10.9. The molecule has 0 bridgehead atoms. The molecule has 1 aromatic carbocycles. The van der Waals surface area contributed by atoms with Crippen molar-refractivity contribution in [1.29, 1.82) is 0 Å². The number of carbonyl (C=O) groups is 1. The molecule has 0 aliphatic heterocycles. The van der Waals surface area contributed by atoms with Gasteiger partial charge in [-0.25, -0.2) is 8.78 Å². The van der Waals surface area contributed by atoms with Crippen LogP contribution in [0, 0.1) is 11.6 Å². The van der Waals surface area contributed by atoms with Gasteiger partial charge in [-0.15, -0.1) is 11.8 Å². The fourth-order valence-corrected chi connectivity index (χ4v) is 2.34. The van der Waals surface area contributed by atoms with Crippen molar-refractivity contribution in [3.8, 4) is 0 Å². The summed E-state index contributed by atoms with van der Waals surface area (Å²) in [6.07, 6.45) is 0. The van der Waals surface area contributed by atoms with Gasteiger partial charge in [-0.1, -0.05) is 12.1 Å². The van der Waals surface area contributed by atoms with Gasteiger partial charge in [0.25, 0.3) is 0 Å². The first-order chi connectivity index (χ1) is 8.25. The van der Waals surface area contributed by atoms with Gasteiger partial charge >= 0.3 is 5.97 Å². The number of hydrogen-bond acceptors (Lipinski definition) is 3. The lowest BCUT2D eigenvalue weighted by Crippen LogP contribution is -2.46. The Labute approximate surface area is 108 Å². The predicted octanol–water partition coefficient (Wildman–Crippen LogP) is 2.39. The molecule has 0 fully saturated rings. The Hall–Kier alpha value is -1.14. The number of aliphatic carboxylic acids is 1. The van der Waals surface area contributed by atoms with Crippen LogP contribution in [0.15, 0.2) is 18.2 Å². The molecule has 100 valence electrons. The van der Waals surface area contributed by atoms with Crippen molar-refractivity contribution in [2.75, 3.05) is 0 Å². The lowest BCUT2D eigenvalue weighted by Gasteiger charge is -2.28. The van der Waals surface area contributed by atoms with Crippen LogP contribution in [0.1, 0.15) is 19.4 Å². The van der Waals surface area contributed by atoms with E-state index >= 15 is 0 Å². The van der Waals surface area contributed by atoms with Gasteiger partial charge in [0.05, 0.1) is 0 Å². The van der Waals surface area contributed by atoms with Crippen LogP contribution < -0.4 is 5.73 Å². The first-order valence-electron chi connectivity index (χ1n) is 5.31. The summed E-state index contributed by atoms with van der Waals surface area (Å²) in [7, 11) is 0. The summed E-state index contributed by atoms with van der Waals surface area (Å²) < 4.78 is 25.6. The number of rotatable bonds is 5. The fourth-order valence-electron chi connectivity index (χ4n) is 1.31. The smallest absolute Gasteiger partial charge is 0.321 e. The number of carboxylic acid groups (broad SMARTS) is 1. The molecule has 0 saturated carbocycles. The molecule has 1 atom stereocenters. The average molecular weight is 275 g/mol. The van der Waals surface area contributed by atoms with Crippen LogP contribution in [-0.2, 0) is 10.5 Å². The minimum absolute atomic E-state index is 0.164. The molecule has 1 rings (SSSR count). The topological polar surface area (TPSA) is 63.3 Å². The van der Waals surface area contributed by atoms with Gasteiger partial charge in [0.2, 0.25) is 0 Å². The van der Waals surface area contributed by atoms with E-state index in [1.54, 1.807) is 13.8 Å². The minimum Gasteiger partial charge on any atom is -0.480 e. The van der Waals surface area contributed by atoms with Crippen molar-refractivity contribution in [3.63, 3.8) is 0 Å². The number of thioether (sulfide) groups is 1. The lowest BCUT2D eigenvalue weighted by molar-refractivity contribution is -0.139. The highest BCUT2D eigenvalue weighted by molar-refractivity contribution is 7.99. The average Bonchev–Trinajstić information content (AvgIpc) is 2.30.